The van der Waals surface area contributed by atoms with Crippen molar-refractivity contribution < 1.29 is 14.3 Å². The first-order chi connectivity index (χ1) is 16.0. The summed E-state index contributed by atoms with van der Waals surface area (Å²) in [5.41, 5.74) is 7.98. The van der Waals surface area contributed by atoms with Gasteiger partial charge >= 0.3 is 0 Å². The molecule has 1 amide bonds. The molecule has 33 heavy (non-hydrogen) atoms. The average Bonchev–Trinajstić information content (AvgIpc) is 3.09. The maximum Gasteiger partial charge on any atom is 0.262 e. The van der Waals surface area contributed by atoms with Crippen molar-refractivity contribution >= 4 is 11.9 Å². The number of rotatable bonds is 4. The van der Waals surface area contributed by atoms with Crippen LogP contribution in [0.2, 0.25) is 0 Å². The van der Waals surface area contributed by atoms with Crippen LogP contribution in [0.3, 0.4) is 0 Å². The van der Waals surface area contributed by atoms with Gasteiger partial charge in [-0.05, 0) is 73.1 Å². The van der Waals surface area contributed by atoms with Crippen LogP contribution >= 0.6 is 0 Å². The molecule has 4 aliphatic rings. The number of ether oxygens (including phenoxy) is 2. The first-order valence-electron chi connectivity index (χ1n) is 12.3. The lowest BCUT2D eigenvalue weighted by Gasteiger charge is -2.50. The highest BCUT2D eigenvalue weighted by Gasteiger charge is 2.61. The van der Waals surface area contributed by atoms with Crippen LogP contribution in [0.15, 0.2) is 23.2 Å². The molecule has 3 unspecified atom stereocenters. The lowest BCUT2D eigenvalue weighted by molar-refractivity contribution is -0.138. The Bertz CT molecular complexity index is 996. The number of aliphatic imine (C=N–C) groups is 1. The van der Waals surface area contributed by atoms with E-state index in [1.807, 2.05) is 18.2 Å². The number of hydrogen-bond donors (Lipinski definition) is 1. The molecule has 1 saturated carbocycles. The Balaban J connectivity index is 1.58. The van der Waals surface area contributed by atoms with Gasteiger partial charge in [-0.2, -0.15) is 5.26 Å². The minimum absolute atomic E-state index is 0.0115. The number of nitrogens with two attached hydrogens (primary N) is 1. The van der Waals surface area contributed by atoms with Crippen LogP contribution in [0, 0.1) is 35.0 Å². The summed E-state index contributed by atoms with van der Waals surface area (Å²) in [6, 6.07) is 8.01. The highest BCUT2D eigenvalue weighted by Crippen LogP contribution is 2.55. The van der Waals surface area contributed by atoms with Gasteiger partial charge in [-0.1, -0.05) is 19.4 Å². The highest BCUT2D eigenvalue weighted by molar-refractivity contribution is 6.07. The van der Waals surface area contributed by atoms with E-state index < -0.39 is 5.54 Å². The zero-order valence-electron chi connectivity index (χ0n) is 19.6. The molecule has 0 bridgehead atoms. The second-order valence-electron chi connectivity index (χ2n) is 10.2. The highest BCUT2D eigenvalue weighted by atomic mass is 16.5. The van der Waals surface area contributed by atoms with Crippen molar-refractivity contribution in [1.82, 2.24) is 4.90 Å². The van der Waals surface area contributed by atoms with Crippen molar-refractivity contribution in [1.29, 1.82) is 5.26 Å². The van der Waals surface area contributed by atoms with Gasteiger partial charge < -0.3 is 15.2 Å². The molecule has 7 nitrogen and oxygen atoms in total. The van der Waals surface area contributed by atoms with E-state index in [-0.39, 0.29) is 17.9 Å². The van der Waals surface area contributed by atoms with Gasteiger partial charge in [-0.25, -0.2) is 4.99 Å². The monoisotopic (exact) mass is 450 g/mol. The largest absolute Gasteiger partial charge is 0.381 e. The van der Waals surface area contributed by atoms with Crippen molar-refractivity contribution in [3.05, 3.63) is 34.9 Å². The molecule has 5 atom stereocenters. The summed E-state index contributed by atoms with van der Waals surface area (Å²) in [6.07, 6.45) is 5.72. The summed E-state index contributed by atoms with van der Waals surface area (Å²) in [5.74, 6) is 1.47. The molecule has 7 heteroatoms. The summed E-state index contributed by atoms with van der Waals surface area (Å²) in [4.78, 5) is 21.0. The molecule has 1 aromatic carbocycles. The van der Waals surface area contributed by atoms with Crippen molar-refractivity contribution in [2.45, 2.75) is 57.1 Å². The second kappa shape index (κ2) is 8.73. The third kappa shape index (κ3) is 3.55. The maximum atomic E-state index is 14.3. The summed E-state index contributed by atoms with van der Waals surface area (Å²) >= 11 is 0. The number of fused-ring (bicyclic) bond motifs is 4. The maximum absolute atomic E-state index is 14.3. The van der Waals surface area contributed by atoms with Gasteiger partial charge in [-0.3, -0.25) is 9.69 Å². The van der Waals surface area contributed by atoms with Gasteiger partial charge in [0.1, 0.15) is 0 Å². The molecule has 1 aromatic rings. The minimum Gasteiger partial charge on any atom is -0.381 e. The molecule has 176 valence electrons. The fourth-order valence-corrected chi connectivity index (χ4v) is 6.84. The SMILES string of the molecule is CC[C@@H]1CC2Cc3ccc(C#N)cc3C3(N=C(N)N(CC4CCOCC4)C3=O)C2C[C@H]1OC. The van der Waals surface area contributed by atoms with E-state index in [0.717, 1.165) is 62.9 Å². The van der Waals surface area contributed by atoms with Crippen LogP contribution < -0.4 is 5.73 Å². The average molecular weight is 451 g/mol. The number of nitriles is 1. The van der Waals surface area contributed by atoms with Crippen molar-refractivity contribution in [3.8, 4) is 6.07 Å². The summed E-state index contributed by atoms with van der Waals surface area (Å²) < 4.78 is 11.4. The van der Waals surface area contributed by atoms with Crippen LogP contribution in [-0.4, -0.2) is 49.7 Å². The zero-order chi connectivity index (χ0) is 23.2. The molecule has 5 rings (SSSR count). The van der Waals surface area contributed by atoms with E-state index in [1.54, 1.807) is 12.0 Å². The fourth-order valence-electron chi connectivity index (χ4n) is 6.84. The molecular formula is C26H34N4O3. The quantitative estimate of drug-likeness (QED) is 0.760. The minimum atomic E-state index is -1.06. The number of nitrogens with zero attached hydrogens (tertiary/aromatic N) is 3. The van der Waals surface area contributed by atoms with Gasteiger partial charge in [0.05, 0.1) is 17.7 Å². The number of methoxy groups -OCH3 is 1. The lowest BCUT2D eigenvalue weighted by Crippen LogP contribution is -2.55. The van der Waals surface area contributed by atoms with Crippen LogP contribution in [-0.2, 0) is 26.2 Å². The Kier molecular flexibility index (Phi) is 5.92. The van der Waals surface area contributed by atoms with E-state index in [2.05, 4.69) is 13.0 Å². The van der Waals surface area contributed by atoms with Gasteiger partial charge in [0.2, 0.25) is 0 Å². The lowest BCUT2D eigenvalue weighted by atomic mass is 9.56. The number of hydrogen-bond acceptors (Lipinski definition) is 6. The van der Waals surface area contributed by atoms with Gasteiger partial charge in [-0.15, -0.1) is 0 Å². The van der Waals surface area contributed by atoms with Gasteiger partial charge in [0.15, 0.2) is 11.5 Å². The topological polar surface area (TPSA) is 101 Å². The van der Waals surface area contributed by atoms with Crippen LogP contribution in [0.1, 0.15) is 55.7 Å². The Morgan fingerprint density at radius 2 is 2.12 bits per heavy atom. The number of amides is 1. The molecule has 0 radical (unpaired) electrons. The second-order valence-corrected chi connectivity index (χ2v) is 10.2. The molecule has 0 aromatic heterocycles. The Labute approximate surface area is 195 Å². The van der Waals surface area contributed by atoms with Crippen molar-refractivity contribution in [2.24, 2.45) is 34.4 Å². The predicted octanol–water partition coefficient (Wildman–Crippen LogP) is 2.96. The van der Waals surface area contributed by atoms with E-state index >= 15 is 0 Å². The van der Waals surface area contributed by atoms with Crippen molar-refractivity contribution in [2.75, 3.05) is 26.9 Å². The van der Waals surface area contributed by atoms with E-state index in [4.69, 9.17) is 20.2 Å². The van der Waals surface area contributed by atoms with E-state index in [1.165, 1.54) is 0 Å². The molecule has 2 fully saturated rings. The van der Waals surface area contributed by atoms with E-state index in [0.29, 0.717) is 35.8 Å². The first-order valence-corrected chi connectivity index (χ1v) is 12.3. The van der Waals surface area contributed by atoms with Gasteiger partial charge in [0, 0.05) is 32.8 Å². The normalized spacial score (nSPS) is 34.0. The third-order valence-corrected chi connectivity index (χ3v) is 8.60. The summed E-state index contributed by atoms with van der Waals surface area (Å²) in [7, 11) is 1.77. The summed E-state index contributed by atoms with van der Waals surface area (Å²) in [6.45, 7) is 4.24. The fraction of sp³-hybridized carbons (Fsp3) is 0.654. The Hall–Kier alpha value is -2.43. The molecule has 1 spiro atoms. The molecule has 2 aliphatic carbocycles. The zero-order valence-corrected chi connectivity index (χ0v) is 19.6. The molecule has 2 N–H and O–H groups in total. The number of guanidine groups is 1. The summed E-state index contributed by atoms with van der Waals surface area (Å²) in [5, 5.41) is 9.60. The number of carbonyl (C=O) groups excluding carboxylic acids is 1. The third-order valence-electron chi connectivity index (χ3n) is 8.60. The standard InChI is InChI=1S/C26H34N4O3/c1-3-18-11-20-12-19-5-4-17(14-27)10-21(19)26(22(20)13-23(18)32-2)24(31)30(25(28)29-26)15-16-6-8-33-9-7-16/h4-5,10,16,18,20,22-23H,3,6-9,11-13,15H2,1-2H3,(H2,28,29)/t18-,20?,22?,23-,26?/m1/s1. The van der Waals surface area contributed by atoms with Crippen LogP contribution in [0.25, 0.3) is 0 Å². The Morgan fingerprint density at radius 3 is 2.82 bits per heavy atom. The Morgan fingerprint density at radius 1 is 1.33 bits per heavy atom. The smallest absolute Gasteiger partial charge is 0.262 e. The van der Waals surface area contributed by atoms with E-state index in [9.17, 15) is 10.1 Å². The molecule has 2 aliphatic heterocycles. The number of carbonyl (C=O) groups is 1. The van der Waals surface area contributed by atoms with Crippen LogP contribution in [0.4, 0.5) is 0 Å². The molecule has 1 saturated heterocycles. The van der Waals surface area contributed by atoms with Crippen LogP contribution in [0.5, 0.6) is 0 Å². The molecule has 2 heterocycles. The molecular weight excluding hydrogens is 416 g/mol. The predicted molar refractivity (Wildman–Crippen MR) is 124 cm³/mol. The van der Waals surface area contributed by atoms with Gasteiger partial charge in [0.25, 0.3) is 5.91 Å². The number of benzene rings is 1. The van der Waals surface area contributed by atoms with Crippen molar-refractivity contribution in [3.63, 3.8) is 0 Å². The first kappa shape index (κ1) is 22.4.